The molecule has 1 N–H and O–H groups in total. The Bertz CT molecular complexity index is 912. The Kier molecular flexibility index (Phi) is 5.95. The molecule has 0 saturated heterocycles. The molecule has 0 radical (unpaired) electrons. The highest BCUT2D eigenvalue weighted by Gasteiger charge is 2.12. The Labute approximate surface area is 163 Å². The molecule has 3 aromatic rings. The van der Waals surface area contributed by atoms with Gasteiger partial charge in [-0.05, 0) is 48.9 Å². The summed E-state index contributed by atoms with van der Waals surface area (Å²) in [6.45, 7) is 1.94. The van der Waals surface area contributed by atoms with Gasteiger partial charge in [-0.2, -0.15) is 0 Å². The molecule has 0 aliphatic heterocycles. The van der Waals surface area contributed by atoms with Crippen molar-refractivity contribution in [2.75, 3.05) is 18.2 Å². The summed E-state index contributed by atoms with van der Waals surface area (Å²) in [6, 6.07) is 13.0. The topological polar surface area (TPSA) is 77.2 Å². The van der Waals surface area contributed by atoms with E-state index < -0.39 is 0 Å². The van der Waals surface area contributed by atoms with E-state index in [0.29, 0.717) is 11.1 Å². The van der Waals surface area contributed by atoms with Gasteiger partial charge in [-0.1, -0.05) is 33.8 Å². The first kappa shape index (κ1) is 18.5. The normalized spacial score (nSPS) is 10.6. The van der Waals surface area contributed by atoms with E-state index in [0.717, 1.165) is 27.0 Å². The molecule has 134 valence electrons. The highest BCUT2D eigenvalue weighted by atomic mass is 79.9. The summed E-state index contributed by atoms with van der Waals surface area (Å²) in [5.74, 6) is 1.19. The van der Waals surface area contributed by atoms with Crippen molar-refractivity contribution in [2.24, 2.45) is 0 Å². The number of thioether (sulfide) groups is 1. The highest BCUT2D eigenvalue weighted by molar-refractivity contribution is 9.10. The third-order valence-corrected chi connectivity index (χ3v) is 4.86. The van der Waals surface area contributed by atoms with Gasteiger partial charge < -0.3 is 14.5 Å². The quantitative estimate of drug-likeness (QED) is 0.574. The molecule has 8 heteroatoms. The molecule has 0 atom stereocenters. The number of nitrogens with zero attached hydrogens (tertiary/aromatic N) is 2. The van der Waals surface area contributed by atoms with Gasteiger partial charge in [0, 0.05) is 15.7 Å². The minimum Gasteiger partial charge on any atom is -0.497 e. The lowest BCUT2D eigenvalue weighted by Gasteiger charge is -2.08. The van der Waals surface area contributed by atoms with E-state index in [-0.39, 0.29) is 11.7 Å². The van der Waals surface area contributed by atoms with E-state index in [1.54, 1.807) is 7.11 Å². The van der Waals surface area contributed by atoms with Crippen molar-refractivity contribution in [3.8, 4) is 17.2 Å². The average molecular weight is 434 g/mol. The van der Waals surface area contributed by atoms with Crippen LogP contribution in [-0.2, 0) is 4.79 Å². The Morgan fingerprint density at radius 1 is 1.23 bits per heavy atom. The molecule has 1 aromatic heterocycles. The number of carbonyl (C=O) groups excluding carboxylic acids is 1. The summed E-state index contributed by atoms with van der Waals surface area (Å²) in [5.41, 5.74) is 2.56. The van der Waals surface area contributed by atoms with Crippen molar-refractivity contribution in [1.82, 2.24) is 10.2 Å². The van der Waals surface area contributed by atoms with Crippen LogP contribution >= 0.6 is 27.7 Å². The van der Waals surface area contributed by atoms with Gasteiger partial charge in [0.05, 0.1) is 12.9 Å². The maximum atomic E-state index is 12.1. The van der Waals surface area contributed by atoms with E-state index in [2.05, 4.69) is 31.4 Å². The molecule has 0 aliphatic carbocycles. The average Bonchev–Trinajstić information content (AvgIpc) is 3.12. The standard InChI is InChI=1S/C18H16BrN3O3S/c1-11-3-6-13(19)9-15(11)20-16(23)10-26-18-22-21-17(25-18)12-4-7-14(24-2)8-5-12/h3-9H,10H2,1-2H3,(H,20,23). The molecule has 0 bridgehead atoms. The SMILES string of the molecule is COc1ccc(-c2nnc(SCC(=O)Nc3cc(Br)ccc3C)o2)cc1. The van der Waals surface area contributed by atoms with E-state index in [4.69, 9.17) is 9.15 Å². The zero-order valence-electron chi connectivity index (χ0n) is 14.2. The summed E-state index contributed by atoms with van der Waals surface area (Å²) in [6.07, 6.45) is 0. The molecule has 0 aliphatic rings. The van der Waals surface area contributed by atoms with Gasteiger partial charge in [0.15, 0.2) is 0 Å². The van der Waals surface area contributed by atoms with Crippen LogP contribution in [0.1, 0.15) is 5.56 Å². The van der Waals surface area contributed by atoms with Crippen molar-refractivity contribution in [3.63, 3.8) is 0 Å². The minimum absolute atomic E-state index is 0.139. The molecule has 26 heavy (non-hydrogen) atoms. The molecule has 3 rings (SSSR count). The number of carbonyl (C=O) groups is 1. The first-order chi connectivity index (χ1) is 12.5. The molecular formula is C18H16BrN3O3S. The molecule has 0 saturated carbocycles. The van der Waals surface area contributed by atoms with Crippen molar-refractivity contribution in [1.29, 1.82) is 0 Å². The van der Waals surface area contributed by atoms with E-state index in [9.17, 15) is 4.79 Å². The van der Waals surface area contributed by atoms with Crippen molar-refractivity contribution in [2.45, 2.75) is 12.1 Å². The second-order valence-electron chi connectivity index (χ2n) is 5.40. The molecular weight excluding hydrogens is 418 g/mol. The number of anilines is 1. The van der Waals surface area contributed by atoms with Crippen molar-refractivity contribution < 1.29 is 13.9 Å². The van der Waals surface area contributed by atoms with Crippen molar-refractivity contribution >= 4 is 39.3 Å². The Morgan fingerprint density at radius 3 is 2.73 bits per heavy atom. The second kappa shape index (κ2) is 8.37. The van der Waals surface area contributed by atoms with Crippen LogP contribution in [-0.4, -0.2) is 29.0 Å². The maximum Gasteiger partial charge on any atom is 0.277 e. The molecule has 1 heterocycles. The third-order valence-electron chi connectivity index (χ3n) is 3.54. The van der Waals surface area contributed by atoms with Crippen molar-refractivity contribution in [3.05, 3.63) is 52.5 Å². The third kappa shape index (κ3) is 4.64. The molecule has 1 amide bonds. The number of aromatic nitrogens is 2. The number of amides is 1. The number of benzene rings is 2. The van der Waals surface area contributed by atoms with Crippen LogP contribution in [0.4, 0.5) is 5.69 Å². The lowest BCUT2D eigenvalue weighted by Crippen LogP contribution is -2.14. The van der Waals surface area contributed by atoms with Crippen LogP contribution in [0, 0.1) is 6.92 Å². The number of halogens is 1. The fourth-order valence-electron chi connectivity index (χ4n) is 2.16. The fraction of sp³-hybridized carbons (Fsp3) is 0.167. The first-order valence-corrected chi connectivity index (χ1v) is 9.50. The minimum atomic E-state index is -0.139. The Balaban J connectivity index is 1.58. The van der Waals surface area contributed by atoms with Gasteiger partial charge in [0.1, 0.15) is 5.75 Å². The van der Waals surface area contributed by atoms with Gasteiger partial charge in [-0.25, -0.2) is 0 Å². The molecule has 6 nitrogen and oxygen atoms in total. The zero-order chi connectivity index (χ0) is 18.5. The van der Waals surface area contributed by atoms with Gasteiger partial charge in [0.2, 0.25) is 11.8 Å². The molecule has 0 unspecified atom stereocenters. The molecule has 2 aromatic carbocycles. The van der Waals surface area contributed by atoms with E-state index >= 15 is 0 Å². The largest absolute Gasteiger partial charge is 0.497 e. The number of nitrogens with one attached hydrogen (secondary N) is 1. The number of ether oxygens (including phenoxy) is 1. The Hall–Kier alpha value is -2.32. The summed E-state index contributed by atoms with van der Waals surface area (Å²) in [4.78, 5) is 12.1. The maximum absolute atomic E-state index is 12.1. The summed E-state index contributed by atoms with van der Waals surface area (Å²) in [7, 11) is 1.61. The van der Waals surface area contributed by atoms with Gasteiger partial charge in [-0.15, -0.1) is 10.2 Å². The van der Waals surface area contributed by atoms with E-state index in [1.165, 1.54) is 11.8 Å². The fourth-order valence-corrected chi connectivity index (χ4v) is 3.09. The van der Waals surface area contributed by atoms with Crippen LogP contribution in [0.15, 0.2) is 56.6 Å². The highest BCUT2D eigenvalue weighted by Crippen LogP contribution is 2.25. The second-order valence-corrected chi connectivity index (χ2v) is 7.24. The summed E-state index contributed by atoms with van der Waals surface area (Å²) in [5, 5.41) is 11.2. The van der Waals surface area contributed by atoms with Crippen LogP contribution in [0.5, 0.6) is 5.75 Å². The van der Waals surface area contributed by atoms with Crippen LogP contribution in [0.2, 0.25) is 0 Å². The zero-order valence-corrected chi connectivity index (χ0v) is 16.6. The van der Waals surface area contributed by atoms with Gasteiger partial charge >= 0.3 is 0 Å². The Morgan fingerprint density at radius 2 is 2.00 bits per heavy atom. The number of aryl methyl sites for hydroxylation is 1. The predicted octanol–water partition coefficient (Wildman–Crippen LogP) is 4.55. The smallest absolute Gasteiger partial charge is 0.277 e. The number of hydrogen-bond acceptors (Lipinski definition) is 6. The van der Waals surface area contributed by atoms with E-state index in [1.807, 2.05) is 49.4 Å². The first-order valence-electron chi connectivity index (χ1n) is 7.72. The monoisotopic (exact) mass is 433 g/mol. The summed E-state index contributed by atoms with van der Waals surface area (Å²) >= 11 is 4.59. The predicted molar refractivity (Wildman–Crippen MR) is 105 cm³/mol. The lowest BCUT2D eigenvalue weighted by molar-refractivity contribution is -0.113. The van der Waals surface area contributed by atoms with Crippen LogP contribution < -0.4 is 10.1 Å². The number of rotatable bonds is 6. The van der Waals surface area contributed by atoms with Gasteiger partial charge in [0.25, 0.3) is 5.22 Å². The van der Waals surface area contributed by atoms with Crippen LogP contribution in [0.3, 0.4) is 0 Å². The number of methoxy groups -OCH3 is 1. The molecule has 0 spiro atoms. The molecule has 0 fully saturated rings. The number of hydrogen-bond donors (Lipinski definition) is 1. The van der Waals surface area contributed by atoms with Crippen LogP contribution in [0.25, 0.3) is 11.5 Å². The summed E-state index contributed by atoms with van der Waals surface area (Å²) < 4.78 is 11.6. The lowest BCUT2D eigenvalue weighted by atomic mass is 10.2. The van der Waals surface area contributed by atoms with Gasteiger partial charge in [-0.3, -0.25) is 4.79 Å².